The molecule has 2 N–H and O–H groups in total. The molecule has 0 aromatic heterocycles. The summed E-state index contributed by atoms with van der Waals surface area (Å²) in [7, 11) is 3.47. The molecule has 1 saturated heterocycles. The summed E-state index contributed by atoms with van der Waals surface area (Å²) in [5, 5.41) is 6.82. The Labute approximate surface area is 209 Å². The van der Waals surface area contributed by atoms with Crippen LogP contribution in [-0.2, 0) is 16.0 Å². The summed E-state index contributed by atoms with van der Waals surface area (Å²) in [6.45, 7) is 2.33. The molecule has 2 amide bonds. The number of carbonyl (C=O) groups excluding carboxylic acids is 2. The number of benzene rings is 1. The van der Waals surface area contributed by atoms with Gasteiger partial charge >= 0.3 is 0 Å². The number of aliphatic imine (C=N–C) groups is 1. The van der Waals surface area contributed by atoms with Crippen LogP contribution in [0.1, 0.15) is 44.1 Å². The number of hydrogen-bond acceptors (Lipinski definition) is 3. The summed E-state index contributed by atoms with van der Waals surface area (Å²) >= 11 is 0. The van der Waals surface area contributed by atoms with E-state index in [-0.39, 0.29) is 48.4 Å². The van der Waals surface area contributed by atoms with Gasteiger partial charge < -0.3 is 20.4 Å². The predicted octanol–water partition coefficient (Wildman–Crippen LogP) is 2.65. The van der Waals surface area contributed by atoms with Gasteiger partial charge in [0.15, 0.2) is 5.96 Å². The quantitative estimate of drug-likeness (QED) is 0.308. The van der Waals surface area contributed by atoms with Gasteiger partial charge in [0.1, 0.15) is 6.54 Å². The fourth-order valence-corrected chi connectivity index (χ4v) is 4.29. The van der Waals surface area contributed by atoms with Gasteiger partial charge in [0.05, 0.1) is 0 Å². The van der Waals surface area contributed by atoms with Gasteiger partial charge in [-0.05, 0) is 31.2 Å². The Balaban J connectivity index is 0.00000363. The second-order valence-corrected chi connectivity index (χ2v) is 8.86. The van der Waals surface area contributed by atoms with Crippen molar-refractivity contribution >= 4 is 41.8 Å². The average molecular weight is 556 g/mol. The van der Waals surface area contributed by atoms with E-state index in [4.69, 9.17) is 0 Å². The van der Waals surface area contributed by atoms with Gasteiger partial charge in [-0.1, -0.05) is 49.6 Å². The highest BCUT2D eigenvalue weighted by Gasteiger charge is 2.31. The zero-order chi connectivity index (χ0) is 22.1. The van der Waals surface area contributed by atoms with Crippen molar-refractivity contribution in [3.8, 4) is 0 Å². The third-order valence-corrected chi connectivity index (χ3v) is 6.22. The molecule has 2 aliphatic rings. The van der Waals surface area contributed by atoms with Crippen LogP contribution in [0.15, 0.2) is 35.3 Å². The number of nitrogens with one attached hydrogen (secondary N) is 2. The van der Waals surface area contributed by atoms with Gasteiger partial charge in [0.25, 0.3) is 0 Å². The molecule has 1 aliphatic heterocycles. The van der Waals surface area contributed by atoms with E-state index in [9.17, 15) is 9.59 Å². The molecule has 0 bridgehead atoms. The number of guanidine groups is 1. The van der Waals surface area contributed by atoms with Crippen LogP contribution in [-0.4, -0.2) is 73.9 Å². The molecule has 1 unspecified atom stereocenters. The molecule has 1 aliphatic carbocycles. The van der Waals surface area contributed by atoms with E-state index >= 15 is 0 Å². The number of carbonyl (C=O) groups is 2. The lowest BCUT2D eigenvalue weighted by Gasteiger charge is -2.26. The van der Waals surface area contributed by atoms with Crippen molar-refractivity contribution in [2.75, 3.05) is 40.3 Å². The number of nitrogens with zero attached hydrogens (tertiary/aromatic N) is 3. The third-order valence-electron chi connectivity index (χ3n) is 6.22. The maximum Gasteiger partial charge on any atom is 0.243 e. The molecule has 0 radical (unpaired) electrons. The van der Waals surface area contributed by atoms with Crippen molar-refractivity contribution in [2.24, 2.45) is 10.9 Å². The first-order chi connectivity index (χ1) is 15.0. The van der Waals surface area contributed by atoms with E-state index in [1.165, 1.54) is 24.8 Å². The summed E-state index contributed by atoms with van der Waals surface area (Å²) < 4.78 is 0. The fraction of sp³-hybridized carbons (Fsp3) is 0.625. The number of likely N-dealkylation sites (tertiary alicyclic amines) is 1. The van der Waals surface area contributed by atoms with E-state index in [0.717, 1.165) is 38.8 Å². The molecule has 1 atom stereocenters. The highest BCUT2D eigenvalue weighted by Crippen LogP contribution is 2.26. The largest absolute Gasteiger partial charge is 0.356 e. The Morgan fingerprint density at radius 1 is 1.09 bits per heavy atom. The van der Waals surface area contributed by atoms with Gasteiger partial charge in [0.2, 0.25) is 11.8 Å². The second-order valence-electron chi connectivity index (χ2n) is 8.86. The summed E-state index contributed by atoms with van der Waals surface area (Å²) in [6.07, 6.45) is 7.46. The normalized spacial score (nSPS) is 19.2. The fourth-order valence-electron chi connectivity index (χ4n) is 4.29. The lowest BCUT2D eigenvalue weighted by Crippen LogP contribution is -2.46. The summed E-state index contributed by atoms with van der Waals surface area (Å²) in [4.78, 5) is 32.9. The zero-order valence-corrected chi connectivity index (χ0v) is 21.7. The summed E-state index contributed by atoms with van der Waals surface area (Å²) in [5.74, 6) is 1.14. The van der Waals surface area contributed by atoms with Crippen molar-refractivity contribution in [1.29, 1.82) is 0 Å². The van der Waals surface area contributed by atoms with Gasteiger partial charge in [-0.2, -0.15) is 0 Å². The molecule has 178 valence electrons. The van der Waals surface area contributed by atoms with Gasteiger partial charge in [-0.3, -0.25) is 9.59 Å². The van der Waals surface area contributed by atoms with Crippen LogP contribution in [0.2, 0.25) is 0 Å². The molecule has 7 nitrogen and oxygen atoms in total. The van der Waals surface area contributed by atoms with Crippen LogP contribution < -0.4 is 10.6 Å². The smallest absolute Gasteiger partial charge is 0.243 e. The zero-order valence-electron chi connectivity index (χ0n) is 19.4. The van der Waals surface area contributed by atoms with Crippen LogP contribution in [0.3, 0.4) is 0 Å². The highest BCUT2D eigenvalue weighted by atomic mass is 127. The van der Waals surface area contributed by atoms with E-state index in [1.54, 1.807) is 19.0 Å². The first-order valence-electron chi connectivity index (χ1n) is 11.6. The first-order valence-corrected chi connectivity index (χ1v) is 11.6. The Hall–Kier alpha value is -1.84. The lowest BCUT2D eigenvalue weighted by molar-refractivity contribution is -0.135. The topological polar surface area (TPSA) is 77.0 Å². The minimum atomic E-state index is -0.0373. The Morgan fingerprint density at radius 3 is 2.50 bits per heavy atom. The molecule has 1 aromatic rings. The number of amides is 2. The first kappa shape index (κ1) is 26.4. The summed E-state index contributed by atoms with van der Waals surface area (Å²) in [6, 6.07) is 10.5. The van der Waals surface area contributed by atoms with E-state index in [0.29, 0.717) is 18.4 Å². The van der Waals surface area contributed by atoms with Crippen LogP contribution in [0.4, 0.5) is 0 Å². The monoisotopic (exact) mass is 555 g/mol. The van der Waals surface area contributed by atoms with E-state index in [1.807, 2.05) is 23.1 Å². The van der Waals surface area contributed by atoms with Crippen LogP contribution >= 0.6 is 24.0 Å². The Kier molecular flexibility index (Phi) is 11.3. The van der Waals surface area contributed by atoms with Crippen molar-refractivity contribution in [3.63, 3.8) is 0 Å². The molecular formula is C24H38IN5O2. The van der Waals surface area contributed by atoms with Crippen LogP contribution in [0, 0.1) is 5.92 Å². The number of hydrogen-bond donors (Lipinski definition) is 2. The average Bonchev–Trinajstić information content (AvgIpc) is 3.26. The molecule has 8 heteroatoms. The third kappa shape index (κ3) is 8.26. The highest BCUT2D eigenvalue weighted by molar-refractivity contribution is 14.0. The van der Waals surface area contributed by atoms with Crippen molar-refractivity contribution in [1.82, 2.24) is 20.4 Å². The SMILES string of the molecule is CN(C)C(=O)CN=C(NCCc1ccccc1)NC1CCN(C(=O)C2CCCCC2)C1.I. The van der Waals surface area contributed by atoms with E-state index < -0.39 is 0 Å². The molecule has 32 heavy (non-hydrogen) atoms. The maximum atomic E-state index is 12.9. The standard InChI is InChI=1S/C24H37N5O2.HI/c1-28(2)22(30)17-26-24(25-15-13-19-9-5-3-6-10-19)27-21-14-16-29(18-21)23(31)20-11-7-4-8-12-20;/h3,5-6,9-10,20-21H,4,7-8,11-18H2,1-2H3,(H2,25,26,27);1H. The Bertz CT molecular complexity index is 750. The Morgan fingerprint density at radius 2 is 1.81 bits per heavy atom. The van der Waals surface area contributed by atoms with Crippen molar-refractivity contribution in [2.45, 2.75) is 51.0 Å². The molecule has 3 rings (SSSR count). The van der Waals surface area contributed by atoms with Crippen LogP contribution in [0.5, 0.6) is 0 Å². The maximum absolute atomic E-state index is 12.9. The molecular weight excluding hydrogens is 517 g/mol. The van der Waals surface area contributed by atoms with Crippen molar-refractivity contribution in [3.05, 3.63) is 35.9 Å². The number of likely N-dealkylation sites (N-methyl/N-ethyl adjacent to an activating group) is 1. The minimum Gasteiger partial charge on any atom is -0.356 e. The number of rotatable bonds is 7. The molecule has 0 spiro atoms. The molecule has 1 saturated carbocycles. The second kappa shape index (κ2) is 13.6. The molecule has 1 aromatic carbocycles. The van der Waals surface area contributed by atoms with Crippen molar-refractivity contribution < 1.29 is 9.59 Å². The van der Waals surface area contributed by atoms with Gasteiger partial charge in [-0.15, -0.1) is 24.0 Å². The minimum absolute atomic E-state index is 0. The lowest BCUT2D eigenvalue weighted by atomic mass is 9.88. The van der Waals surface area contributed by atoms with Gasteiger partial charge in [-0.25, -0.2) is 4.99 Å². The molecule has 2 fully saturated rings. The predicted molar refractivity (Wildman–Crippen MR) is 139 cm³/mol. The van der Waals surface area contributed by atoms with Gasteiger partial charge in [0, 0.05) is 45.7 Å². The van der Waals surface area contributed by atoms with Crippen LogP contribution in [0.25, 0.3) is 0 Å². The molecule has 1 heterocycles. The summed E-state index contributed by atoms with van der Waals surface area (Å²) in [5.41, 5.74) is 1.25. The van der Waals surface area contributed by atoms with E-state index in [2.05, 4.69) is 27.8 Å². The number of halogens is 1.